The molecule has 3 nitrogen and oxygen atoms in total. The highest BCUT2D eigenvalue weighted by Crippen LogP contribution is 2.37. The van der Waals surface area contributed by atoms with E-state index in [0.29, 0.717) is 12.0 Å². The van der Waals surface area contributed by atoms with Crippen LogP contribution in [0.15, 0.2) is 43.0 Å². The fraction of sp³-hybridized carbons (Fsp3) is 0.400. The molecule has 0 bridgehead atoms. The number of nitrogens with one attached hydrogen (secondary N) is 1. The topological polar surface area (TPSA) is 29.9 Å². The Hall–Kier alpha value is -1.32. The van der Waals surface area contributed by atoms with E-state index in [2.05, 4.69) is 27.0 Å². The predicted molar refractivity (Wildman–Crippen MR) is 77.4 cm³/mol. The molecular formula is C15H18ClN3. The Bertz CT molecular complexity index is 518. The van der Waals surface area contributed by atoms with E-state index in [0.717, 1.165) is 18.1 Å². The zero-order chi connectivity index (χ0) is 13.1. The molecule has 19 heavy (non-hydrogen) atoms. The lowest BCUT2D eigenvalue weighted by molar-refractivity contribution is 0.288. The van der Waals surface area contributed by atoms with Gasteiger partial charge in [-0.25, -0.2) is 4.98 Å². The summed E-state index contributed by atoms with van der Waals surface area (Å²) in [6.07, 6.45) is 8.10. The van der Waals surface area contributed by atoms with Crippen LogP contribution in [0.25, 0.3) is 0 Å². The molecule has 1 aromatic heterocycles. The number of halogens is 1. The van der Waals surface area contributed by atoms with Crippen molar-refractivity contribution < 1.29 is 0 Å². The Labute approximate surface area is 118 Å². The highest BCUT2D eigenvalue weighted by atomic mass is 35.5. The van der Waals surface area contributed by atoms with E-state index in [1.807, 2.05) is 30.9 Å². The van der Waals surface area contributed by atoms with E-state index >= 15 is 0 Å². The number of nitrogens with zero attached hydrogens (tertiary/aromatic N) is 2. The van der Waals surface area contributed by atoms with Crippen molar-refractivity contribution in [3.05, 3.63) is 53.6 Å². The molecule has 1 aliphatic carbocycles. The molecule has 0 radical (unpaired) electrons. The van der Waals surface area contributed by atoms with Crippen molar-refractivity contribution in [2.45, 2.75) is 31.3 Å². The molecule has 1 fully saturated rings. The van der Waals surface area contributed by atoms with Crippen molar-refractivity contribution in [2.75, 3.05) is 6.54 Å². The second kappa shape index (κ2) is 5.76. The molecule has 1 aliphatic rings. The van der Waals surface area contributed by atoms with Gasteiger partial charge in [0.25, 0.3) is 0 Å². The average Bonchev–Trinajstić information content (AvgIpc) is 2.85. The summed E-state index contributed by atoms with van der Waals surface area (Å²) in [5, 5.41) is 4.43. The summed E-state index contributed by atoms with van der Waals surface area (Å²) < 4.78 is 2.10. The number of rotatable bonds is 5. The van der Waals surface area contributed by atoms with Crippen LogP contribution < -0.4 is 5.32 Å². The summed E-state index contributed by atoms with van der Waals surface area (Å²) in [6.45, 7) is 1.99. The minimum absolute atomic E-state index is 0.646. The molecule has 0 saturated heterocycles. The fourth-order valence-corrected chi connectivity index (χ4v) is 2.83. The lowest BCUT2D eigenvalue weighted by Gasteiger charge is -2.36. The van der Waals surface area contributed by atoms with E-state index in [1.165, 1.54) is 18.4 Å². The molecule has 0 atom stereocenters. The molecule has 100 valence electrons. The third-order valence-corrected chi connectivity index (χ3v) is 4.06. The quantitative estimate of drug-likeness (QED) is 0.909. The van der Waals surface area contributed by atoms with Crippen LogP contribution >= 0.6 is 11.6 Å². The van der Waals surface area contributed by atoms with Gasteiger partial charge >= 0.3 is 0 Å². The second-order valence-electron chi connectivity index (χ2n) is 5.17. The second-order valence-corrected chi connectivity index (χ2v) is 5.61. The van der Waals surface area contributed by atoms with Gasteiger partial charge < -0.3 is 9.88 Å². The Morgan fingerprint density at radius 3 is 3.00 bits per heavy atom. The molecule has 0 amide bonds. The van der Waals surface area contributed by atoms with Gasteiger partial charge in [-0.15, -0.1) is 0 Å². The van der Waals surface area contributed by atoms with Gasteiger partial charge in [-0.05, 0) is 36.5 Å². The summed E-state index contributed by atoms with van der Waals surface area (Å²) >= 11 is 6.02. The highest BCUT2D eigenvalue weighted by Gasteiger charge is 2.29. The van der Waals surface area contributed by atoms with Gasteiger partial charge in [0.05, 0.1) is 6.33 Å². The molecule has 1 aromatic carbocycles. The number of imidazole rings is 1. The zero-order valence-electron chi connectivity index (χ0n) is 10.8. The molecule has 1 saturated carbocycles. The van der Waals surface area contributed by atoms with Crippen LogP contribution in [0.1, 0.15) is 24.3 Å². The number of benzene rings is 1. The van der Waals surface area contributed by atoms with Crippen molar-refractivity contribution in [1.82, 2.24) is 14.9 Å². The summed E-state index contributed by atoms with van der Waals surface area (Å²) in [5.41, 5.74) is 1.38. The monoisotopic (exact) mass is 275 g/mol. The van der Waals surface area contributed by atoms with Crippen molar-refractivity contribution in [1.29, 1.82) is 0 Å². The minimum Gasteiger partial charge on any atom is -0.336 e. The normalized spacial score (nSPS) is 22.2. The summed E-state index contributed by atoms with van der Waals surface area (Å²) in [7, 11) is 0. The molecule has 0 aliphatic heterocycles. The van der Waals surface area contributed by atoms with Crippen molar-refractivity contribution >= 4 is 11.6 Å². The first-order chi connectivity index (χ1) is 9.31. The Balaban J connectivity index is 1.41. The Morgan fingerprint density at radius 1 is 1.37 bits per heavy atom. The largest absolute Gasteiger partial charge is 0.336 e. The summed E-state index contributed by atoms with van der Waals surface area (Å²) in [6, 6.07) is 8.89. The molecule has 1 N–H and O–H groups in total. The van der Waals surface area contributed by atoms with E-state index in [1.54, 1.807) is 0 Å². The standard InChI is InChI=1S/C15H18ClN3/c16-14-3-1-2-12(8-14)13-9-15(10-13)18-5-7-19-6-4-17-11-19/h1-4,6,8,11,13,15,18H,5,7,9-10H2. The number of hydrogen-bond donors (Lipinski definition) is 1. The van der Waals surface area contributed by atoms with Crippen LogP contribution in [-0.2, 0) is 6.54 Å². The lowest BCUT2D eigenvalue weighted by atomic mass is 9.76. The molecule has 4 heteroatoms. The first-order valence-corrected chi connectivity index (χ1v) is 7.13. The first-order valence-electron chi connectivity index (χ1n) is 6.76. The van der Waals surface area contributed by atoms with E-state index in [4.69, 9.17) is 11.6 Å². The molecule has 2 aromatic rings. The summed E-state index contributed by atoms with van der Waals surface area (Å²) in [5.74, 6) is 0.671. The molecule has 3 rings (SSSR count). The van der Waals surface area contributed by atoms with E-state index in [9.17, 15) is 0 Å². The van der Waals surface area contributed by atoms with Crippen molar-refractivity contribution in [3.8, 4) is 0 Å². The maximum Gasteiger partial charge on any atom is 0.0946 e. The zero-order valence-corrected chi connectivity index (χ0v) is 11.6. The van der Waals surface area contributed by atoms with Gasteiger partial charge in [-0.1, -0.05) is 23.7 Å². The summed E-state index contributed by atoms with van der Waals surface area (Å²) in [4.78, 5) is 4.04. The van der Waals surface area contributed by atoms with Gasteiger partial charge in [0.15, 0.2) is 0 Å². The molecular weight excluding hydrogens is 258 g/mol. The van der Waals surface area contributed by atoms with Crippen LogP contribution in [0.4, 0.5) is 0 Å². The third-order valence-electron chi connectivity index (χ3n) is 3.82. The SMILES string of the molecule is Clc1cccc(C2CC(NCCn3ccnc3)C2)c1. The maximum atomic E-state index is 6.02. The predicted octanol–water partition coefficient (Wildman–Crippen LogP) is 3.07. The highest BCUT2D eigenvalue weighted by molar-refractivity contribution is 6.30. The Kier molecular flexibility index (Phi) is 3.85. The number of aromatic nitrogens is 2. The van der Waals surface area contributed by atoms with Crippen LogP contribution in [0.2, 0.25) is 5.02 Å². The van der Waals surface area contributed by atoms with Crippen LogP contribution in [0.5, 0.6) is 0 Å². The van der Waals surface area contributed by atoms with Gasteiger partial charge in [0.1, 0.15) is 0 Å². The van der Waals surface area contributed by atoms with Gasteiger partial charge in [0, 0.05) is 36.5 Å². The van der Waals surface area contributed by atoms with Crippen LogP contribution in [0, 0.1) is 0 Å². The van der Waals surface area contributed by atoms with Crippen LogP contribution in [0.3, 0.4) is 0 Å². The van der Waals surface area contributed by atoms with Gasteiger partial charge in [-0.3, -0.25) is 0 Å². The first kappa shape index (κ1) is 12.7. The lowest BCUT2D eigenvalue weighted by Crippen LogP contribution is -2.41. The van der Waals surface area contributed by atoms with Gasteiger partial charge in [-0.2, -0.15) is 0 Å². The Morgan fingerprint density at radius 2 is 2.26 bits per heavy atom. The average molecular weight is 276 g/mol. The van der Waals surface area contributed by atoms with E-state index < -0.39 is 0 Å². The molecule has 0 unspecified atom stereocenters. The number of hydrogen-bond acceptors (Lipinski definition) is 2. The van der Waals surface area contributed by atoms with Crippen molar-refractivity contribution in [3.63, 3.8) is 0 Å². The van der Waals surface area contributed by atoms with E-state index in [-0.39, 0.29) is 0 Å². The maximum absolute atomic E-state index is 6.02. The van der Waals surface area contributed by atoms with Crippen molar-refractivity contribution in [2.24, 2.45) is 0 Å². The van der Waals surface area contributed by atoms with Gasteiger partial charge in [0.2, 0.25) is 0 Å². The fourth-order valence-electron chi connectivity index (χ4n) is 2.63. The molecule has 0 spiro atoms. The minimum atomic E-state index is 0.646. The smallest absolute Gasteiger partial charge is 0.0946 e. The molecule has 1 heterocycles. The third kappa shape index (κ3) is 3.17. The van der Waals surface area contributed by atoms with Crippen LogP contribution in [-0.4, -0.2) is 22.1 Å².